The molecule has 1 fully saturated rings. The second kappa shape index (κ2) is 10.8. The number of hydrogen-bond acceptors (Lipinski definition) is 3. The summed E-state index contributed by atoms with van der Waals surface area (Å²) in [6.45, 7) is 24.3. The van der Waals surface area contributed by atoms with E-state index in [2.05, 4.69) is 73.0 Å². The Bertz CT molecular complexity index is 814. The van der Waals surface area contributed by atoms with E-state index in [4.69, 9.17) is 4.12 Å². The second-order valence-electron chi connectivity index (χ2n) is 12.8. The lowest BCUT2D eigenvalue weighted by Crippen LogP contribution is -2.53. The summed E-state index contributed by atoms with van der Waals surface area (Å²) in [5.41, 5.74) is 0.972. The van der Waals surface area contributed by atoms with Crippen LogP contribution in [0.25, 0.3) is 0 Å². The van der Waals surface area contributed by atoms with Gasteiger partial charge in [0.25, 0.3) is 0 Å². The number of rotatable bonds is 5. The maximum absolute atomic E-state index is 11.4. The van der Waals surface area contributed by atoms with Crippen molar-refractivity contribution in [2.75, 3.05) is 6.54 Å². The minimum atomic E-state index is -1.59. The van der Waals surface area contributed by atoms with Crippen molar-refractivity contribution < 1.29 is 9.22 Å². The summed E-state index contributed by atoms with van der Waals surface area (Å²) in [7, 11) is -3.18. The van der Waals surface area contributed by atoms with E-state index in [1.165, 1.54) is 0 Å². The molecule has 0 aliphatic carbocycles. The van der Waals surface area contributed by atoms with Crippen molar-refractivity contribution >= 4 is 16.6 Å². The summed E-state index contributed by atoms with van der Waals surface area (Å²) < 4.78 is 6.63. The molecule has 1 atom stereocenters. The van der Waals surface area contributed by atoms with E-state index in [1.54, 1.807) is 0 Å². The zero-order chi connectivity index (χ0) is 25.8. The van der Waals surface area contributed by atoms with E-state index in [-0.39, 0.29) is 6.04 Å². The molecule has 0 bridgehead atoms. The Morgan fingerprint density at radius 2 is 1.12 bits per heavy atom. The Kier molecular flexibility index (Phi) is 9.20. The van der Waals surface area contributed by atoms with Gasteiger partial charge in [-0.1, -0.05) is 102 Å². The monoisotopic (exact) mass is 499 g/mol. The normalized spacial score (nSPS) is 17.8. The molecule has 34 heavy (non-hydrogen) atoms. The van der Waals surface area contributed by atoms with Crippen LogP contribution >= 0.6 is 0 Å². The standard InChI is InChI=1S/C17H19NO.C12H30OSi2/c19-17(16-12-7-13-18-16,14-8-3-1-4-9-14)15-10-5-2-6-11-15;1-11(2,3)14(7,8)13-15(9,10)12(4,5)6/h1-6,8-11,16,18-19H,7,12-13H2;1-10H3/t16-;/m0./s1. The van der Waals surface area contributed by atoms with Crippen LogP contribution in [-0.2, 0) is 9.72 Å². The van der Waals surface area contributed by atoms with Gasteiger partial charge in [0.15, 0.2) is 16.6 Å². The summed E-state index contributed by atoms with van der Waals surface area (Å²) in [5.74, 6) is 0. The fraction of sp³-hybridized carbons (Fsp3) is 0.586. The first kappa shape index (κ1) is 29.0. The van der Waals surface area contributed by atoms with E-state index in [9.17, 15) is 5.11 Å². The van der Waals surface area contributed by atoms with Gasteiger partial charge >= 0.3 is 0 Å². The smallest absolute Gasteiger partial charge is 0.178 e. The molecule has 0 aromatic heterocycles. The largest absolute Gasteiger partial charge is 0.455 e. The van der Waals surface area contributed by atoms with Gasteiger partial charge in [0, 0.05) is 6.04 Å². The average molecular weight is 500 g/mol. The SMILES string of the molecule is CC(C)(C)[Si](C)(C)O[Si](C)(C)C(C)(C)C.OC(c1ccccc1)(c1ccccc1)[C@@H]1CCCN1. The number of hydrogen-bond donors (Lipinski definition) is 2. The van der Waals surface area contributed by atoms with Crippen LogP contribution in [0.15, 0.2) is 60.7 Å². The summed E-state index contributed by atoms with van der Waals surface area (Å²) in [6.07, 6.45) is 2.12. The molecule has 0 saturated carbocycles. The molecule has 1 aliphatic rings. The molecule has 0 spiro atoms. The molecule has 3 rings (SSSR count). The molecular formula is C29H49NO2Si2. The molecule has 1 saturated heterocycles. The molecule has 2 N–H and O–H groups in total. The number of nitrogens with one attached hydrogen (secondary N) is 1. The number of aliphatic hydroxyl groups is 1. The van der Waals surface area contributed by atoms with Gasteiger partial charge in [-0.15, -0.1) is 0 Å². The van der Waals surface area contributed by atoms with Gasteiger partial charge in [-0.25, -0.2) is 0 Å². The van der Waals surface area contributed by atoms with Crippen LogP contribution in [0.4, 0.5) is 0 Å². The maximum atomic E-state index is 11.4. The van der Waals surface area contributed by atoms with Crippen molar-refractivity contribution in [1.29, 1.82) is 0 Å². The highest BCUT2D eigenvalue weighted by atomic mass is 28.4. The first-order chi connectivity index (χ1) is 15.5. The summed E-state index contributed by atoms with van der Waals surface area (Å²) >= 11 is 0. The zero-order valence-corrected chi connectivity index (χ0v) is 25.3. The highest BCUT2D eigenvalue weighted by molar-refractivity contribution is 6.87. The number of benzene rings is 2. The molecule has 5 heteroatoms. The molecule has 190 valence electrons. The first-order valence-corrected chi connectivity index (χ1v) is 18.6. The van der Waals surface area contributed by atoms with E-state index < -0.39 is 22.2 Å². The maximum Gasteiger partial charge on any atom is 0.178 e. The lowest BCUT2D eigenvalue weighted by Gasteiger charge is -2.47. The topological polar surface area (TPSA) is 41.5 Å². The Morgan fingerprint density at radius 3 is 1.41 bits per heavy atom. The summed E-state index contributed by atoms with van der Waals surface area (Å²) in [5, 5.41) is 15.5. The third-order valence-corrected chi connectivity index (χ3v) is 19.4. The van der Waals surface area contributed by atoms with E-state index in [1.807, 2.05) is 60.7 Å². The van der Waals surface area contributed by atoms with Crippen molar-refractivity contribution in [2.45, 2.75) is 102 Å². The van der Waals surface area contributed by atoms with Gasteiger partial charge in [0.2, 0.25) is 0 Å². The molecular weight excluding hydrogens is 450 g/mol. The molecule has 0 radical (unpaired) electrons. The Morgan fingerprint density at radius 1 is 0.735 bits per heavy atom. The summed E-state index contributed by atoms with van der Waals surface area (Å²) in [4.78, 5) is 0. The van der Waals surface area contributed by atoms with E-state index in [0.29, 0.717) is 10.1 Å². The van der Waals surface area contributed by atoms with Crippen LogP contribution in [0.5, 0.6) is 0 Å². The van der Waals surface area contributed by atoms with Gasteiger partial charge in [-0.3, -0.25) is 0 Å². The van der Waals surface area contributed by atoms with Crippen molar-refractivity contribution in [3.8, 4) is 0 Å². The minimum Gasteiger partial charge on any atom is -0.455 e. The highest BCUT2D eigenvalue weighted by Crippen LogP contribution is 2.44. The molecule has 1 aliphatic heterocycles. The molecule has 1 heterocycles. The van der Waals surface area contributed by atoms with Gasteiger partial charge < -0.3 is 14.5 Å². The molecule has 2 aromatic rings. The predicted octanol–water partition coefficient (Wildman–Crippen LogP) is 7.69. The van der Waals surface area contributed by atoms with Crippen LogP contribution < -0.4 is 5.32 Å². The van der Waals surface area contributed by atoms with Crippen molar-refractivity contribution in [1.82, 2.24) is 5.32 Å². The van der Waals surface area contributed by atoms with Crippen molar-refractivity contribution in [3.63, 3.8) is 0 Å². The molecule has 0 unspecified atom stereocenters. The van der Waals surface area contributed by atoms with Crippen molar-refractivity contribution in [2.24, 2.45) is 0 Å². The Balaban J connectivity index is 0.000000249. The second-order valence-corrected chi connectivity index (χ2v) is 22.6. The first-order valence-electron chi connectivity index (χ1n) is 12.8. The lowest BCUT2D eigenvalue weighted by molar-refractivity contribution is 0.0442. The molecule has 0 amide bonds. The Hall–Kier alpha value is -1.25. The van der Waals surface area contributed by atoms with Crippen molar-refractivity contribution in [3.05, 3.63) is 71.8 Å². The predicted molar refractivity (Wildman–Crippen MR) is 152 cm³/mol. The van der Waals surface area contributed by atoms with E-state index >= 15 is 0 Å². The van der Waals surface area contributed by atoms with Crippen LogP contribution in [0.3, 0.4) is 0 Å². The van der Waals surface area contributed by atoms with Crippen LogP contribution in [-0.4, -0.2) is 34.3 Å². The van der Waals surface area contributed by atoms with Gasteiger partial charge in [-0.05, 0) is 66.8 Å². The van der Waals surface area contributed by atoms with Gasteiger partial charge in [0.1, 0.15) is 5.60 Å². The van der Waals surface area contributed by atoms with Crippen LogP contribution in [0.2, 0.25) is 36.3 Å². The minimum absolute atomic E-state index is 0.0808. The molecule has 3 nitrogen and oxygen atoms in total. The lowest BCUT2D eigenvalue weighted by atomic mass is 9.79. The highest BCUT2D eigenvalue weighted by Gasteiger charge is 2.46. The third-order valence-electron chi connectivity index (χ3n) is 8.12. The fourth-order valence-electron chi connectivity index (χ4n) is 3.94. The Labute approximate surface area is 211 Å². The van der Waals surface area contributed by atoms with Crippen LogP contribution in [0, 0.1) is 0 Å². The van der Waals surface area contributed by atoms with E-state index in [0.717, 1.165) is 30.5 Å². The van der Waals surface area contributed by atoms with Gasteiger partial charge in [0.05, 0.1) is 0 Å². The van der Waals surface area contributed by atoms with Gasteiger partial charge in [-0.2, -0.15) is 0 Å². The quantitative estimate of drug-likeness (QED) is 0.414. The summed E-state index contributed by atoms with van der Waals surface area (Å²) in [6, 6.07) is 20.0. The van der Waals surface area contributed by atoms with Crippen LogP contribution in [0.1, 0.15) is 65.5 Å². The molecule has 2 aromatic carbocycles. The average Bonchev–Trinajstić information content (AvgIpc) is 3.28. The third kappa shape index (κ3) is 6.70. The fourth-order valence-corrected chi connectivity index (χ4v) is 11.5. The zero-order valence-electron chi connectivity index (χ0n) is 23.3.